The molecule has 5 heteroatoms. The third-order valence-electron chi connectivity index (χ3n) is 4.79. The lowest BCUT2D eigenvalue weighted by Crippen LogP contribution is -1.95. The second-order valence-electron chi connectivity index (χ2n) is 7.55. The molecule has 30 heavy (non-hydrogen) atoms. The van der Waals surface area contributed by atoms with Gasteiger partial charge in [0.15, 0.2) is 0 Å². The van der Waals surface area contributed by atoms with Crippen molar-refractivity contribution in [2.24, 2.45) is 0 Å². The minimum Gasteiger partial charge on any atom is -0.507 e. The van der Waals surface area contributed by atoms with E-state index in [-0.39, 0.29) is 11.3 Å². The molecule has 1 rings (SSSR count). The van der Waals surface area contributed by atoms with Crippen LogP contribution in [0.3, 0.4) is 0 Å². The van der Waals surface area contributed by atoms with Crippen molar-refractivity contribution in [3.8, 4) is 5.75 Å². The van der Waals surface area contributed by atoms with Crippen LogP contribution in [-0.2, 0) is 4.79 Å². The molecule has 3 N–H and O–H groups in total. The molecule has 1 aromatic carbocycles. The summed E-state index contributed by atoms with van der Waals surface area (Å²) in [4.78, 5) is 20.6. The Labute approximate surface area is 181 Å². The number of aromatic carboxylic acids is 1. The highest BCUT2D eigenvalue weighted by molar-refractivity contribution is 5.90. The van der Waals surface area contributed by atoms with Crippen LogP contribution in [0.15, 0.2) is 36.4 Å². The molecule has 0 heterocycles. The summed E-state index contributed by atoms with van der Waals surface area (Å²) < 4.78 is 0. The molecule has 1 aromatic rings. The summed E-state index contributed by atoms with van der Waals surface area (Å²) in [5.41, 5.74) is -0.0671. The fraction of sp³-hybridized carbons (Fsp3) is 0.600. The van der Waals surface area contributed by atoms with Gasteiger partial charge in [0.1, 0.15) is 11.3 Å². The summed E-state index contributed by atoms with van der Waals surface area (Å²) in [5.74, 6) is -1.98. The van der Waals surface area contributed by atoms with Crippen molar-refractivity contribution in [2.75, 3.05) is 0 Å². The van der Waals surface area contributed by atoms with Gasteiger partial charge in [-0.3, -0.25) is 4.79 Å². The van der Waals surface area contributed by atoms with Crippen LogP contribution < -0.4 is 0 Å². The summed E-state index contributed by atoms with van der Waals surface area (Å²) in [5, 5.41) is 25.8. The van der Waals surface area contributed by atoms with Crippen LogP contribution in [0.25, 0.3) is 0 Å². The quantitative estimate of drug-likeness (QED) is 0.194. The van der Waals surface area contributed by atoms with Gasteiger partial charge in [0.05, 0.1) is 0 Å². The topological polar surface area (TPSA) is 94.8 Å². The number of aromatic hydroxyl groups is 1. The third-order valence-corrected chi connectivity index (χ3v) is 4.79. The number of carboxylic acid groups (broad SMARTS) is 2. The molecule has 0 saturated heterocycles. The van der Waals surface area contributed by atoms with Gasteiger partial charge in [0.2, 0.25) is 0 Å². The van der Waals surface area contributed by atoms with Crippen molar-refractivity contribution in [1.82, 2.24) is 0 Å². The molecule has 0 aliphatic heterocycles. The molecule has 0 fully saturated rings. The van der Waals surface area contributed by atoms with Crippen LogP contribution in [0.1, 0.15) is 107 Å². The Morgan fingerprint density at radius 3 is 1.73 bits per heavy atom. The van der Waals surface area contributed by atoms with Gasteiger partial charge >= 0.3 is 11.9 Å². The average molecular weight is 421 g/mol. The van der Waals surface area contributed by atoms with Crippen molar-refractivity contribution < 1.29 is 24.9 Å². The number of para-hydroxylation sites is 1. The zero-order valence-corrected chi connectivity index (χ0v) is 18.5. The number of carboxylic acids is 2. The lowest BCUT2D eigenvalue weighted by molar-refractivity contribution is -0.137. The Hall–Kier alpha value is -2.30. The van der Waals surface area contributed by atoms with E-state index < -0.39 is 11.9 Å². The van der Waals surface area contributed by atoms with E-state index in [0.29, 0.717) is 6.42 Å². The maximum absolute atomic E-state index is 10.3. The van der Waals surface area contributed by atoms with Crippen molar-refractivity contribution in [1.29, 1.82) is 0 Å². The van der Waals surface area contributed by atoms with Gasteiger partial charge in [0, 0.05) is 6.42 Å². The lowest BCUT2D eigenvalue weighted by Gasteiger charge is -1.99. The molecule has 0 spiro atoms. The Morgan fingerprint density at radius 1 is 0.767 bits per heavy atom. The van der Waals surface area contributed by atoms with Gasteiger partial charge in [-0.2, -0.15) is 0 Å². The van der Waals surface area contributed by atoms with Gasteiger partial charge in [-0.1, -0.05) is 82.6 Å². The predicted octanol–water partition coefficient (Wildman–Crippen LogP) is 7.20. The first-order chi connectivity index (χ1) is 14.5. The Bertz CT molecular complexity index is 595. The van der Waals surface area contributed by atoms with Gasteiger partial charge in [-0.05, 0) is 44.2 Å². The van der Waals surface area contributed by atoms with E-state index in [2.05, 4.69) is 19.1 Å². The molecule has 0 amide bonds. The highest BCUT2D eigenvalue weighted by Gasteiger charge is 2.05. The maximum atomic E-state index is 10.3. The first kappa shape index (κ1) is 27.7. The largest absolute Gasteiger partial charge is 0.507 e. The van der Waals surface area contributed by atoms with Crippen LogP contribution in [0, 0.1) is 0 Å². The smallest absolute Gasteiger partial charge is 0.339 e. The molecule has 0 bridgehead atoms. The number of unbranched alkanes of at least 4 members (excludes halogenated alkanes) is 11. The number of carbonyl (C=O) groups is 2. The minimum atomic E-state index is -1.11. The first-order valence-electron chi connectivity index (χ1n) is 11.4. The number of benzene rings is 1. The zero-order valence-electron chi connectivity index (χ0n) is 18.5. The average Bonchev–Trinajstić information content (AvgIpc) is 2.71. The van der Waals surface area contributed by atoms with E-state index >= 15 is 0 Å². The summed E-state index contributed by atoms with van der Waals surface area (Å²) >= 11 is 0. The van der Waals surface area contributed by atoms with Gasteiger partial charge < -0.3 is 15.3 Å². The zero-order chi connectivity index (χ0) is 22.5. The van der Waals surface area contributed by atoms with Crippen LogP contribution in [0.4, 0.5) is 0 Å². The molecule has 170 valence electrons. The number of hydrogen-bond acceptors (Lipinski definition) is 3. The maximum Gasteiger partial charge on any atom is 0.339 e. The lowest BCUT2D eigenvalue weighted by atomic mass is 10.1. The number of aliphatic carboxylic acids is 1. The van der Waals surface area contributed by atoms with Crippen LogP contribution in [0.5, 0.6) is 5.75 Å². The fourth-order valence-corrected chi connectivity index (χ4v) is 3.00. The van der Waals surface area contributed by atoms with Crippen LogP contribution in [0.2, 0.25) is 0 Å². The van der Waals surface area contributed by atoms with Crippen molar-refractivity contribution in [3.63, 3.8) is 0 Å². The molecule has 0 unspecified atom stereocenters. The van der Waals surface area contributed by atoms with Crippen molar-refractivity contribution >= 4 is 11.9 Å². The van der Waals surface area contributed by atoms with Gasteiger partial charge in [-0.25, -0.2) is 4.79 Å². The molecule has 0 radical (unpaired) electrons. The van der Waals surface area contributed by atoms with E-state index in [1.165, 1.54) is 82.8 Å². The number of rotatable bonds is 16. The Balaban J connectivity index is 0.000000696. The van der Waals surface area contributed by atoms with E-state index in [1.807, 2.05) is 0 Å². The van der Waals surface area contributed by atoms with Crippen LogP contribution >= 0.6 is 0 Å². The predicted molar refractivity (Wildman–Crippen MR) is 122 cm³/mol. The standard InChI is InChI=1S/C18H34O2.C7H6O3/c1-2-3-4-5-6-7-8-9-10-11-12-13-14-15-16-17-18(19)20;8-6-4-2-1-3-5(6)7(9)10/h9-10H,2-8,11-17H2,1H3,(H,19,20);1-4,8H,(H,9,10)/b10-9-;. The van der Waals surface area contributed by atoms with Gasteiger partial charge in [-0.15, -0.1) is 0 Å². The molecular formula is C25H40O5. The number of phenols is 1. The molecule has 5 nitrogen and oxygen atoms in total. The number of allylic oxidation sites excluding steroid dienone is 2. The first-order valence-corrected chi connectivity index (χ1v) is 11.4. The second-order valence-corrected chi connectivity index (χ2v) is 7.55. The SMILES string of the molecule is CCCCCCCC/C=C\CCCCCCCC(=O)O.O=C(O)c1ccccc1O. The molecule has 0 aromatic heterocycles. The fourth-order valence-electron chi connectivity index (χ4n) is 3.00. The number of hydrogen-bond donors (Lipinski definition) is 3. The van der Waals surface area contributed by atoms with Crippen LogP contribution in [-0.4, -0.2) is 27.3 Å². The Kier molecular flexibility index (Phi) is 18.5. The summed E-state index contributed by atoms with van der Waals surface area (Å²) in [6, 6.07) is 5.81. The summed E-state index contributed by atoms with van der Waals surface area (Å²) in [6.07, 6.45) is 21.2. The van der Waals surface area contributed by atoms with E-state index in [1.54, 1.807) is 12.1 Å². The molecule has 0 aliphatic carbocycles. The van der Waals surface area contributed by atoms with E-state index in [0.717, 1.165) is 12.8 Å². The van der Waals surface area contributed by atoms with Crippen molar-refractivity contribution in [3.05, 3.63) is 42.0 Å². The monoisotopic (exact) mass is 420 g/mol. The molecular weight excluding hydrogens is 380 g/mol. The Morgan fingerprint density at radius 2 is 1.27 bits per heavy atom. The third kappa shape index (κ3) is 17.8. The normalized spacial score (nSPS) is 10.6. The molecule has 0 atom stereocenters. The molecule has 0 saturated carbocycles. The minimum absolute atomic E-state index is 0.0671. The summed E-state index contributed by atoms with van der Waals surface area (Å²) in [7, 11) is 0. The highest BCUT2D eigenvalue weighted by atomic mass is 16.4. The van der Waals surface area contributed by atoms with Crippen molar-refractivity contribution in [2.45, 2.75) is 96.8 Å². The van der Waals surface area contributed by atoms with Gasteiger partial charge in [0.25, 0.3) is 0 Å². The summed E-state index contributed by atoms with van der Waals surface area (Å²) in [6.45, 7) is 2.26. The second kappa shape index (κ2) is 20.0. The highest BCUT2D eigenvalue weighted by Crippen LogP contribution is 2.14. The molecule has 0 aliphatic rings. The van der Waals surface area contributed by atoms with E-state index in [4.69, 9.17) is 15.3 Å². The van der Waals surface area contributed by atoms with E-state index in [9.17, 15) is 9.59 Å².